The van der Waals surface area contributed by atoms with Crippen molar-refractivity contribution in [3.63, 3.8) is 0 Å². The maximum Gasteiger partial charge on any atom is 0.269 e. The number of halogens is 2. The molecular weight excluding hydrogens is 206 g/mol. The number of hydrogen-bond donors (Lipinski definition) is 2. The van der Waals surface area contributed by atoms with Gasteiger partial charge in [-0.2, -0.15) is 0 Å². The van der Waals surface area contributed by atoms with E-state index < -0.39 is 6.43 Å². The highest BCUT2D eigenvalue weighted by Crippen LogP contribution is 2.29. The number of aliphatic hydroxyl groups is 1. The van der Waals surface area contributed by atoms with Crippen molar-refractivity contribution < 1.29 is 18.6 Å². The molecule has 0 unspecified atom stereocenters. The fourth-order valence-corrected chi connectivity index (χ4v) is 1.23. The Bertz CT molecular complexity index is 345. The normalized spacial score (nSPS) is 10.8. The van der Waals surface area contributed by atoms with Crippen molar-refractivity contribution in [2.24, 2.45) is 5.73 Å². The van der Waals surface area contributed by atoms with Crippen molar-refractivity contribution in [2.45, 2.75) is 19.6 Å². The summed E-state index contributed by atoms with van der Waals surface area (Å²) in [6.45, 7) is -0.307. The van der Waals surface area contributed by atoms with Crippen LogP contribution in [0.2, 0.25) is 0 Å². The van der Waals surface area contributed by atoms with Gasteiger partial charge in [0.25, 0.3) is 6.43 Å². The lowest BCUT2D eigenvalue weighted by atomic mass is 10.1. The summed E-state index contributed by atoms with van der Waals surface area (Å²) >= 11 is 0. The first-order valence-corrected chi connectivity index (χ1v) is 4.29. The van der Waals surface area contributed by atoms with E-state index >= 15 is 0 Å². The molecule has 0 aliphatic carbocycles. The average Bonchev–Trinajstić information content (AvgIpc) is 2.26. The summed E-state index contributed by atoms with van der Waals surface area (Å²) < 4.78 is 29.8. The summed E-state index contributed by atoms with van der Waals surface area (Å²) in [5.74, 6) is -0.175. The minimum atomic E-state index is -2.68. The van der Waals surface area contributed by atoms with Crippen LogP contribution in [0.4, 0.5) is 8.78 Å². The molecule has 3 N–H and O–H groups in total. The SMILES string of the molecule is COc1nc(CO)c(CN)cc1C(F)F. The third-order valence-electron chi connectivity index (χ3n) is 1.98. The molecule has 6 heteroatoms. The number of methoxy groups -OCH3 is 1. The summed E-state index contributed by atoms with van der Waals surface area (Å²) in [6.07, 6.45) is -2.68. The van der Waals surface area contributed by atoms with E-state index in [9.17, 15) is 8.78 Å². The van der Waals surface area contributed by atoms with Crippen molar-refractivity contribution in [3.8, 4) is 5.88 Å². The molecule has 0 amide bonds. The molecule has 0 atom stereocenters. The van der Waals surface area contributed by atoms with E-state index in [4.69, 9.17) is 15.6 Å². The first-order valence-electron chi connectivity index (χ1n) is 4.29. The van der Waals surface area contributed by atoms with Gasteiger partial charge in [0.15, 0.2) is 0 Å². The zero-order chi connectivity index (χ0) is 11.4. The van der Waals surface area contributed by atoms with Crippen LogP contribution >= 0.6 is 0 Å². The molecular formula is C9H12F2N2O2. The monoisotopic (exact) mass is 218 g/mol. The van der Waals surface area contributed by atoms with Gasteiger partial charge in [0, 0.05) is 6.54 Å². The number of pyridine rings is 1. The van der Waals surface area contributed by atoms with Crippen LogP contribution in [0.15, 0.2) is 6.07 Å². The highest BCUT2D eigenvalue weighted by Gasteiger charge is 2.18. The smallest absolute Gasteiger partial charge is 0.269 e. The molecule has 0 saturated carbocycles. The van der Waals surface area contributed by atoms with Gasteiger partial charge in [-0.25, -0.2) is 13.8 Å². The van der Waals surface area contributed by atoms with E-state index in [1.807, 2.05) is 0 Å². The summed E-state index contributed by atoms with van der Waals surface area (Å²) in [7, 11) is 1.25. The van der Waals surface area contributed by atoms with E-state index in [-0.39, 0.29) is 30.3 Å². The molecule has 0 radical (unpaired) electrons. The molecule has 0 aromatic carbocycles. The molecule has 1 aromatic rings. The molecule has 0 spiro atoms. The zero-order valence-corrected chi connectivity index (χ0v) is 8.20. The molecule has 0 aliphatic rings. The van der Waals surface area contributed by atoms with Crippen molar-refractivity contribution >= 4 is 0 Å². The summed E-state index contributed by atoms with van der Waals surface area (Å²) in [6, 6.07) is 1.21. The number of ether oxygens (including phenoxy) is 1. The van der Waals surface area contributed by atoms with Crippen LogP contribution in [0.25, 0.3) is 0 Å². The van der Waals surface area contributed by atoms with Gasteiger partial charge in [-0.05, 0) is 11.6 Å². The summed E-state index contributed by atoms with van der Waals surface area (Å²) in [4.78, 5) is 3.77. The van der Waals surface area contributed by atoms with Crippen LogP contribution < -0.4 is 10.5 Å². The Hall–Kier alpha value is -1.27. The first kappa shape index (κ1) is 11.8. The predicted molar refractivity (Wildman–Crippen MR) is 49.6 cm³/mol. The van der Waals surface area contributed by atoms with E-state index in [1.165, 1.54) is 13.2 Å². The van der Waals surface area contributed by atoms with E-state index in [2.05, 4.69) is 4.98 Å². The number of rotatable bonds is 4. The largest absolute Gasteiger partial charge is 0.481 e. The molecule has 15 heavy (non-hydrogen) atoms. The van der Waals surface area contributed by atoms with Gasteiger partial charge in [0.1, 0.15) is 0 Å². The Labute approximate surface area is 85.7 Å². The number of nitrogens with zero attached hydrogens (tertiary/aromatic N) is 1. The average molecular weight is 218 g/mol. The van der Waals surface area contributed by atoms with E-state index in [0.29, 0.717) is 5.56 Å². The second-order valence-corrected chi connectivity index (χ2v) is 2.86. The lowest BCUT2D eigenvalue weighted by molar-refractivity contribution is 0.145. The number of aromatic nitrogens is 1. The van der Waals surface area contributed by atoms with Gasteiger partial charge in [-0.3, -0.25) is 0 Å². The molecule has 0 bridgehead atoms. The molecule has 84 valence electrons. The number of aliphatic hydroxyl groups excluding tert-OH is 1. The van der Waals surface area contributed by atoms with Crippen LogP contribution in [0.1, 0.15) is 23.2 Å². The summed E-state index contributed by atoms with van der Waals surface area (Å²) in [5, 5.41) is 8.94. The zero-order valence-electron chi connectivity index (χ0n) is 8.20. The fraction of sp³-hybridized carbons (Fsp3) is 0.444. The quantitative estimate of drug-likeness (QED) is 0.790. The molecule has 0 aliphatic heterocycles. The topological polar surface area (TPSA) is 68.4 Å². The highest BCUT2D eigenvalue weighted by atomic mass is 19.3. The van der Waals surface area contributed by atoms with Crippen molar-refractivity contribution in [1.82, 2.24) is 4.98 Å². The predicted octanol–water partition coefficient (Wildman–Crippen LogP) is 0.979. The standard InChI is InChI=1S/C9H12F2N2O2/c1-15-9-6(8(10)11)2-5(3-12)7(4-14)13-9/h2,8,14H,3-4,12H2,1H3. The third-order valence-corrected chi connectivity index (χ3v) is 1.98. The minimum Gasteiger partial charge on any atom is -0.481 e. The fourth-order valence-electron chi connectivity index (χ4n) is 1.23. The molecule has 1 aromatic heterocycles. The molecule has 1 heterocycles. The Kier molecular flexibility index (Phi) is 3.93. The molecule has 1 rings (SSSR count). The Morgan fingerprint density at radius 2 is 2.27 bits per heavy atom. The highest BCUT2D eigenvalue weighted by molar-refractivity contribution is 5.35. The number of nitrogens with two attached hydrogens (primary N) is 1. The second-order valence-electron chi connectivity index (χ2n) is 2.86. The second kappa shape index (κ2) is 4.99. The van der Waals surface area contributed by atoms with Gasteiger partial charge in [-0.1, -0.05) is 0 Å². The minimum absolute atomic E-state index is 0.0482. The van der Waals surface area contributed by atoms with Crippen LogP contribution in [-0.4, -0.2) is 17.2 Å². The molecule has 0 fully saturated rings. The van der Waals surface area contributed by atoms with Crippen LogP contribution in [0.5, 0.6) is 5.88 Å². The van der Waals surface area contributed by atoms with Crippen LogP contribution in [0, 0.1) is 0 Å². The first-order chi connectivity index (χ1) is 7.13. The lowest BCUT2D eigenvalue weighted by Gasteiger charge is -2.11. The Balaban J connectivity index is 3.27. The third kappa shape index (κ3) is 2.40. The van der Waals surface area contributed by atoms with Gasteiger partial charge in [0.05, 0.1) is 25.0 Å². The van der Waals surface area contributed by atoms with Crippen molar-refractivity contribution in [3.05, 3.63) is 22.9 Å². The maximum absolute atomic E-state index is 12.5. The van der Waals surface area contributed by atoms with Crippen LogP contribution in [-0.2, 0) is 13.2 Å². The number of alkyl halides is 2. The van der Waals surface area contributed by atoms with E-state index in [1.54, 1.807) is 0 Å². The summed E-state index contributed by atoms with van der Waals surface area (Å²) in [5.41, 5.74) is 5.70. The van der Waals surface area contributed by atoms with Crippen molar-refractivity contribution in [2.75, 3.05) is 7.11 Å². The van der Waals surface area contributed by atoms with Crippen LogP contribution in [0.3, 0.4) is 0 Å². The lowest BCUT2D eigenvalue weighted by Crippen LogP contribution is -2.08. The molecule has 4 nitrogen and oxygen atoms in total. The number of hydrogen-bond acceptors (Lipinski definition) is 4. The van der Waals surface area contributed by atoms with Gasteiger partial charge >= 0.3 is 0 Å². The van der Waals surface area contributed by atoms with Gasteiger partial charge < -0.3 is 15.6 Å². The van der Waals surface area contributed by atoms with Crippen molar-refractivity contribution in [1.29, 1.82) is 0 Å². The molecule has 0 saturated heterocycles. The van der Waals surface area contributed by atoms with Gasteiger partial charge in [0.2, 0.25) is 5.88 Å². The van der Waals surface area contributed by atoms with E-state index in [0.717, 1.165) is 0 Å². The Morgan fingerprint density at radius 3 is 2.67 bits per heavy atom. The van der Waals surface area contributed by atoms with Gasteiger partial charge in [-0.15, -0.1) is 0 Å². The Morgan fingerprint density at radius 1 is 1.60 bits per heavy atom. The maximum atomic E-state index is 12.5.